The molecule has 0 saturated heterocycles. The van der Waals surface area contributed by atoms with Gasteiger partial charge in [-0.3, -0.25) is 9.36 Å². The van der Waals surface area contributed by atoms with Gasteiger partial charge < -0.3 is 21.3 Å². The Labute approximate surface area is 244 Å². The van der Waals surface area contributed by atoms with Crippen LogP contribution in [0, 0.1) is 5.92 Å². The second-order valence-electron chi connectivity index (χ2n) is 9.29. The predicted octanol–water partition coefficient (Wildman–Crippen LogP) is 6.13. The summed E-state index contributed by atoms with van der Waals surface area (Å²) >= 11 is 5.62. The number of likely N-dealkylation sites (N-methyl/N-ethyl adjacent to an activating group) is 1. The first kappa shape index (κ1) is 31.6. The molecule has 1 atom stereocenters. The lowest BCUT2D eigenvalue weighted by Crippen LogP contribution is -2.39. The molecule has 0 saturated carbocycles. The third kappa shape index (κ3) is 7.63. The standard InChI is InChI=1S/C26H26ClF3N8O2.ClH/c1-14(2)10-20(31-3)24(39)37-22-21-23(33-12-32-22)38(13-34-21)17-7-4-15(5-8-17)35-25(40)36-16-6-9-19(27)18(11-16)26(28,29)30;/h4-9,11-14,20,31H,10H2,1-3H3,(H2,35,36,40)(H,32,33,37,39);1H/t20-;/m0./s1. The topological polar surface area (TPSA) is 126 Å². The highest BCUT2D eigenvalue weighted by Gasteiger charge is 2.33. The molecule has 218 valence electrons. The molecule has 2 aromatic heterocycles. The van der Waals surface area contributed by atoms with Crippen LogP contribution < -0.4 is 21.3 Å². The minimum absolute atomic E-state index is 0. The molecule has 4 aromatic rings. The number of carbonyl (C=O) groups is 2. The Hall–Kier alpha value is -3.94. The van der Waals surface area contributed by atoms with E-state index in [1.54, 1.807) is 35.9 Å². The third-order valence-electron chi connectivity index (χ3n) is 5.88. The van der Waals surface area contributed by atoms with E-state index in [4.69, 9.17) is 11.6 Å². The highest BCUT2D eigenvalue weighted by molar-refractivity contribution is 6.31. The fourth-order valence-electron chi connectivity index (χ4n) is 3.97. The Kier molecular flexibility index (Phi) is 10.1. The van der Waals surface area contributed by atoms with Crippen LogP contribution in [0.4, 0.5) is 35.2 Å². The smallest absolute Gasteiger partial charge is 0.309 e. The van der Waals surface area contributed by atoms with Gasteiger partial charge in [0.05, 0.1) is 16.6 Å². The second kappa shape index (κ2) is 13.1. The predicted molar refractivity (Wildman–Crippen MR) is 154 cm³/mol. The number of benzene rings is 2. The molecule has 0 unspecified atom stereocenters. The van der Waals surface area contributed by atoms with E-state index < -0.39 is 28.8 Å². The van der Waals surface area contributed by atoms with Gasteiger partial charge in [0.15, 0.2) is 17.0 Å². The van der Waals surface area contributed by atoms with Crippen LogP contribution in [0.5, 0.6) is 0 Å². The lowest BCUT2D eigenvalue weighted by Gasteiger charge is -2.17. The first-order valence-corrected chi connectivity index (χ1v) is 12.6. The maximum atomic E-state index is 13.1. The van der Waals surface area contributed by atoms with Crippen molar-refractivity contribution in [1.82, 2.24) is 24.8 Å². The Balaban J connectivity index is 0.00000462. The van der Waals surface area contributed by atoms with E-state index in [0.717, 1.165) is 12.1 Å². The van der Waals surface area contributed by atoms with Crippen LogP contribution in [0.2, 0.25) is 5.02 Å². The number of nitrogens with one attached hydrogen (secondary N) is 4. The number of imidazole rings is 1. The van der Waals surface area contributed by atoms with E-state index in [1.807, 2.05) is 13.8 Å². The normalized spacial score (nSPS) is 12.1. The Morgan fingerprint density at radius 2 is 1.63 bits per heavy atom. The van der Waals surface area contributed by atoms with E-state index in [2.05, 4.69) is 36.2 Å². The lowest BCUT2D eigenvalue weighted by molar-refractivity contribution is -0.137. The van der Waals surface area contributed by atoms with Gasteiger partial charge in [-0.05, 0) is 61.9 Å². The van der Waals surface area contributed by atoms with Crippen molar-refractivity contribution < 1.29 is 22.8 Å². The lowest BCUT2D eigenvalue weighted by atomic mass is 10.0. The van der Waals surface area contributed by atoms with Crippen molar-refractivity contribution in [3.63, 3.8) is 0 Å². The summed E-state index contributed by atoms with van der Waals surface area (Å²) in [6, 6.07) is 8.58. The summed E-state index contributed by atoms with van der Waals surface area (Å²) in [5, 5.41) is 10.3. The molecule has 10 nitrogen and oxygen atoms in total. The fraction of sp³-hybridized carbons (Fsp3) is 0.269. The second-order valence-corrected chi connectivity index (χ2v) is 9.69. The molecule has 4 rings (SSSR count). The highest BCUT2D eigenvalue weighted by atomic mass is 35.5. The number of nitrogens with zero attached hydrogens (tertiary/aromatic N) is 4. The van der Waals surface area contributed by atoms with E-state index in [9.17, 15) is 22.8 Å². The molecule has 0 fully saturated rings. The van der Waals surface area contributed by atoms with E-state index in [-0.39, 0.29) is 29.8 Å². The van der Waals surface area contributed by atoms with Crippen LogP contribution in [0.3, 0.4) is 0 Å². The quantitative estimate of drug-likeness (QED) is 0.190. The van der Waals surface area contributed by atoms with Crippen LogP contribution in [0.1, 0.15) is 25.8 Å². The summed E-state index contributed by atoms with van der Waals surface area (Å²) < 4.78 is 40.9. The number of aromatic nitrogens is 4. The molecule has 0 bridgehead atoms. The number of anilines is 3. The molecule has 0 radical (unpaired) electrons. The minimum atomic E-state index is -4.65. The SMILES string of the molecule is CN[C@@H](CC(C)C)C(=O)Nc1ncnc2c1ncn2-c1ccc(NC(=O)Nc2ccc(Cl)c(C(F)(F)F)c2)cc1.Cl. The van der Waals surface area contributed by atoms with Crippen molar-refractivity contribution in [2.45, 2.75) is 32.5 Å². The zero-order valence-electron chi connectivity index (χ0n) is 22.1. The summed E-state index contributed by atoms with van der Waals surface area (Å²) in [5.41, 5.74) is 0.789. The number of hydrogen-bond donors (Lipinski definition) is 4. The highest BCUT2D eigenvalue weighted by Crippen LogP contribution is 2.36. The first-order chi connectivity index (χ1) is 19.0. The number of urea groups is 1. The number of halogens is 5. The van der Waals surface area contributed by atoms with Crippen molar-refractivity contribution in [2.75, 3.05) is 23.0 Å². The van der Waals surface area contributed by atoms with Gasteiger partial charge in [0.25, 0.3) is 0 Å². The van der Waals surface area contributed by atoms with Gasteiger partial charge in [-0.1, -0.05) is 25.4 Å². The molecular weight excluding hydrogens is 584 g/mol. The van der Waals surface area contributed by atoms with Crippen LogP contribution in [0.25, 0.3) is 16.9 Å². The minimum Gasteiger partial charge on any atom is -0.309 e. The zero-order chi connectivity index (χ0) is 29.0. The number of hydrogen-bond acceptors (Lipinski definition) is 6. The van der Waals surface area contributed by atoms with Gasteiger partial charge in [0, 0.05) is 17.1 Å². The van der Waals surface area contributed by atoms with Crippen LogP contribution in [-0.4, -0.2) is 44.5 Å². The molecule has 4 N–H and O–H groups in total. The number of fused-ring (bicyclic) bond motifs is 1. The average molecular weight is 611 g/mol. The molecule has 15 heteroatoms. The number of amides is 3. The summed E-state index contributed by atoms with van der Waals surface area (Å²) in [7, 11) is 1.72. The molecule has 2 aromatic carbocycles. The van der Waals surface area contributed by atoms with Gasteiger partial charge in [-0.25, -0.2) is 19.7 Å². The summed E-state index contributed by atoms with van der Waals surface area (Å²) in [6.07, 6.45) is -1.14. The van der Waals surface area contributed by atoms with Crippen LogP contribution in [-0.2, 0) is 11.0 Å². The van der Waals surface area contributed by atoms with E-state index in [1.165, 1.54) is 18.7 Å². The summed E-state index contributed by atoms with van der Waals surface area (Å²) in [6.45, 7) is 4.06. The van der Waals surface area contributed by atoms with Crippen molar-refractivity contribution in [2.24, 2.45) is 5.92 Å². The maximum absolute atomic E-state index is 13.1. The largest absolute Gasteiger partial charge is 0.417 e. The van der Waals surface area contributed by atoms with Gasteiger partial charge in [0.2, 0.25) is 5.91 Å². The Morgan fingerprint density at radius 3 is 2.27 bits per heavy atom. The third-order valence-corrected chi connectivity index (χ3v) is 6.21. The Bertz CT molecular complexity index is 1530. The van der Waals surface area contributed by atoms with Gasteiger partial charge >= 0.3 is 12.2 Å². The number of alkyl halides is 3. The maximum Gasteiger partial charge on any atom is 0.417 e. The van der Waals surface area contributed by atoms with Crippen LogP contribution in [0.15, 0.2) is 55.1 Å². The van der Waals surface area contributed by atoms with E-state index in [0.29, 0.717) is 34.9 Å². The molecule has 0 spiro atoms. The molecule has 3 amide bonds. The molecule has 0 aliphatic rings. The van der Waals surface area contributed by atoms with Crippen LogP contribution >= 0.6 is 24.0 Å². The summed E-state index contributed by atoms with van der Waals surface area (Å²) in [4.78, 5) is 38.0. The van der Waals surface area contributed by atoms with Crippen molar-refractivity contribution in [1.29, 1.82) is 0 Å². The molecule has 0 aliphatic carbocycles. The summed E-state index contributed by atoms with van der Waals surface area (Å²) in [5.74, 6) is 0.368. The molecule has 41 heavy (non-hydrogen) atoms. The van der Waals surface area contributed by atoms with Crippen molar-refractivity contribution in [3.05, 3.63) is 65.7 Å². The zero-order valence-corrected chi connectivity index (χ0v) is 23.7. The molecule has 2 heterocycles. The van der Waals surface area contributed by atoms with Crippen molar-refractivity contribution >= 4 is 64.3 Å². The Morgan fingerprint density at radius 1 is 0.976 bits per heavy atom. The van der Waals surface area contributed by atoms with Gasteiger partial charge in [-0.2, -0.15) is 13.2 Å². The number of rotatable bonds is 8. The number of carbonyl (C=O) groups excluding carboxylic acids is 2. The monoisotopic (exact) mass is 610 g/mol. The molecular formula is C26H27Cl2F3N8O2. The van der Waals surface area contributed by atoms with Gasteiger partial charge in [0.1, 0.15) is 12.7 Å². The fourth-order valence-corrected chi connectivity index (χ4v) is 4.19. The average Bonchev–Trinajstić information content (AvgIpc) is 3.33. The van der Waals surface area contributed by atoms with E-state index >= 15 is 0 Å². The van der Waals surface area contributed by atoms with Crippen molar-refractivity contribution in [3.8, 4) is 5.69 Å². The van der Waals surface area contributed by atoms with Gasteiger partial charge in [-0.15, -0.1) is 12.4 Å². The first-order valence-electron chi connectivity index (χ1n) is 12.2. The molecule has 0 aliphatic heterocycles.